The van der Waals surface area contributed by atoms with Crippen molar-refractivity contribution in [2.75, 3.05) is 13.1 Å². The third-order valence-electron chi connectivity index (χ3n) is 3.49. The molecule has 114 valence electrons. The second kappa shape index (κ2) is 4.81. The van der Waals surface area contributed by atoms with Crippen LogP contribution in [0.4, 0.5) is 0 Å². The third kappa shape index (κ3) is 2.49. The molecule has 0 aliphatic carbocycles. The van der Waals surface area contributed by atoms with Gasteiger partial charge in [-0.05, 0) is 27.2 Å². The lowest BCUT2D eigenvalue weighted by Gasteiger charge is -2.24. The summed E-state index contributed by atoms with van der Waals surface area (Å²) in [5, 5.41) is -0.661. The largest absolute Gasteiger partial charge is 0.335 e. The second-order valence-corrected chi connectivity index (χ2v) is 10.7. The van der Waals surface area contributed by atoms with Gasteiger partial charge in [0.1, 0.15) is 0 Å². The minimum Gasteiger partial charge on any atom is -0.335 e. The topological polar surface area (TPSA) is 100 Å². The molecule has 0 unspecified atom stereocenters. The zero-order chi connectivity index (χ0) is 15.2. The number of imidazole rings is 1. The normalized spacial score (nSPS) is 22.2. The molecule has 0 saturated carbocycles. The molecule has 1 fully saturated rings. The maximum absolute atomic E-state index is 12.4. The number of H-pyrrole nitrogens is 1. The smallest absolute Gasteiger partial charge is 0.260 e. The Labute approximate surface area is 119 Å². The number of aromatic nitrogens is 2. The van der Waals surface area contributed by atoms with Gasteiger partial charge in [-0.25, -0.2) is 21.8 Å². The summed E-state index contributed by atoms with van der Waals surface area (Å²) in [4.78, 5) is 6.24. The summed E-state index contributed by atoms with van der Waals surface area (Å²) in [6.45, 7) is 5.11. The molecule has 2 rings (SSSR count). The summed E-state index contributed by atoms with van der Waals surface area (Å²) in [7, 11) is -7.05. The van der Waals surface area contributed by atoms with Gasteiger partial charge in [-0.3, -0.25) is 0 Å². The van der Waals surface area contributed by atoms with E-state index in [0.717, 1.165) is 0 Å². The first-order valence-corrected chi connectivity index (χ1v) is 9.27. The van der Waals surface area contributed by atoms with Crippen molar-refractivity contribution in [3.63, 3.8) is 0 Å². The number of nitrogens with zero attached hydrogens (tertiary/aromatic N) is 2. The predicted molar refractivity (Wildman–Crippen MR) is 74.4 cm³/mol. The van der Waals surface area contributed by atoms with Crippen molar-refractivity contribution >= 4 is 19.9 Å². The molecule has 1 aromatic rings. The first-order chi connectivity index (χ1) is 9.07. The van der Waals surface area contributed by atoms with Crippen LogP contribution in [0.3, 0.4) is 0 Å². The van der Waals surface area contributed by atoms with Crippen LogP contribution in [0.15, 0.2) is 17.6 Å². The Hall–Kier alpha value is -0.930. The van der Waals surface area contributed by atoms with Crippen molar-refractivity contribution < 1.29 is 16.8 Å². The summed E-state index contributed by atoms with van der Waals surface area (Å²) >= 11 is 0. The Balaban J connectivity index is 2.23. The molecular weight excluding hydrogens is 302 g/mol. The minimum atomic E-state index is -3.68. The highest BCUT2D eigenvalue weighted by atomic mass is 32.2. The number of rotatable bonds is 3. The quantitative estimate of drug-likeness (QED) is 0.868. The molecule has 1 aliphatic heterocycles. The van der Waals surface area contributed by atoms with E-state index in [9.17, 15) is 16.8 Å². The molecule has 0 bridgehead atoms. The lowest BCUT2D eigenvalue weighted by atomic mass is 10.3. The van der Waals surface area contributed by atoms with Crippen LogP contribution < -0.4 is 0 Å². The molecule has 0 amide bonds. The fraction of sp³-hybridized carbons (Fsp3) is 0.727. The van der Waals surface area contributed by atoms with E-state index in [1.54, 1.807) is 20.8 Å². The van der Waals surface area contributed by atoms with E-state index in [0.29, 0.717) is 6.42 Å². The Morgan fingerprint density at radius 2 is 1.95 bits per heavy atom. The number of aromatic amines is 1. The fourth-order valence-corrected chi connectivity index (χ4v) is 5.47. The summed E-state index contributed by atoms with van der Waals surface area (Å²) in [6, 6.07) is 0. The molecule has 7 nitrogen and oxygen atoms in total. The monoisotopic (exact) mass is 321 g/mol. The lowest BCUT2D eigenvalue weighted by Crippen LogP contribution is -2.39. The average Bonchev–Trinajstić information content (AvgIpc) is 3.00. The Kier molecular flexibility index (Phi) is 3.72. The van der Waals surface area contributed by atoms with Crippen LogP contribution in [0.5, 0.6) is 0 Å². The summed E-state index contributed by atoms with van der Waals surface area (Å²) < 4.78 is 49.6. The van der Waals surface area contributed by atoms with Gasteiger partial charge in [0.2, 0.25) is 0 Å². The van der Waals surface area contributed by atoms with E-state index < -0.39 is 29.9 Å². The number of hydrogen-bond acceptors (Lipinski definition) is 5. The highest BCUT2D eigenvalue weighted by Crippen LogP contribution is 2.29. The van der Waals surface area contributed by atoms with Crippen LogP contribution in [0.2, 0.25) is 0 Å². The highest BCUT2D eigenvalue weighted by Gasteiger charge is 2.44. The van der Waals surface area contributed by atoms with Gasteiger partial charge in [-0.15, -0.1) is 0 Å². The Morgan fingerprint density at radius 3 is 2.45 bits per heavy atom. The molecule has 2 heterocycles. The van der Waals surface area contributed by atoms with Crippen LogP contribution >= 0.6 is 0 Å². The molecule has 1 aliphatic rings. The number of nitrogens with one attached hydrogen (secondary N) is 1. The van der Waals surface area contributed by atoms with Crippen LogP contribution in [0.1, 0.15) is 27.2 Å². The Bertz CT molecular complexity index is 672. The first-order valence-electron chi connectivity index (χ1n) is 6.29. The molecule has 1 aromatic heterocycles. The van der Waals surface area contributed by atoms with Crippen LogP contribution in [-0.4, -0.2) is 54.2 Å². The van der Waals surface area contributed by atoms with Crippen molar-refractivity contribution in [3.8, 4) is 0 Å². The van der Waals surface area contributed by atoms with Crippen LogP contribution in [-0.2, 0) is 19.9 Å². The van der Waals surface area contributed by atoms with E-state index in [4.69, 9.17) is 0 Å². The molecule has 20 heavy (non-hydrogen) atoms. The third-order valence-corrected chi connectivity index (χ3v) is 8.25. The summed E-state index contributed by atoms with van der Waals surface area (Å²) in [5.41, 5.74) is 0. The summed E-state index contributed by atoms with van der Waals surface area (Å²) in [6.07, 6.45) is 2.83. The molecule has 9 heteroatoms. The minimum absolute atomic E-state index is 0.000949. The van der Waals surface area contributed by atoms with E-state index in [2.05, 4.69) is 9.97 Å². The van der Waals surface area contributed by atoms with E-state index in [1.807, 2.05) is 0 Å². The van der Waals surface area contributed by atoms with E-state index >= 15 is 0 Å². The van der Waals surface area contributed by atoms with Crippen LogP contribution in [0, 0.1) is 0 Å². The van der Waals surface area contributed by atoms with E-state index in [-0.39, 0.29) is 18.1 Å². The fourth-order valence-electron chi connectivity index (χ4n) is 2.19. The van der Waals surface area contributed by atoms with Gasteiger partial charge in [0.05, 0.1) is 22.5 Å². The molecule has 1 atom stereocenters. The highest BCUT2D eigenvalue weighted by molar-refractivity contribution is 7.93. The molecule has 1 saturated heterocycles. The van der Waals surface area contributed by atoms with Gasteiger partial charge >= 0.3 is 0 Å². The van der Waals surface area contributed by atoms with Gasteiger partial charge in [0, 0.05) is 13.1 Å². The van der Waals surface area contributed by atoms with Gasteiger partial charge in [-0.1, -0.05) is 0 Å². The van der Waals surface area contributed by atoms with Gasteiger partial charge in [0.15, 0.2) is 14.9 Å². The predicted octanol–water partition coefficient (Wildman–Crippen LogP) is 0.386. The molecule has 0 aromatic carbocycles. The van der Waals surface area contributed by atoms with Crippen LogP contribution in [0.25, 0.3) is 0 Å². The zero-order valence-corrected chi connectivity index (χ0v) is 13.3. The Morgan fingerprint density at radius 1 is 1.30 bits per heavy atom. The average molecular weight is 321 g/mol. The maximum Gasteiger partial charge on any atom is 0.260 e. The van der Waals surface area contributed by atoms with Gasteiger partial charge in [-0.2, -0.15) is 4.31 Å². The van der Waals surface area contributed by atoms with Gasteiger partial charge in [0.25, 0.3) is 10.0 Å². The van der Waals surface area contributed by atoms with Crippen molar-refractivity contribution in [1.82, 2.24) is 14.3 Å². The molecule has 0 spiro atoms. The van der Waals surface area contributed by atoms with Crippen molar-refractivity contribution in [2.45, 2.75) is 42.2 Å². The number of sulfonamides is 1. The lowest BCUT2D eigenvalue weighted by molar-refractivity contribution is 0.473. The first kappa shape index (κ1) is 15.5. The van der Waals surface area contributed by atoms with E-state index in [1.165, 1.54) is 16.8 Å². The zero-order valence-electron chi connectivity index (χ0n) is 11.7. The van der Waals surface area contributed by atoms with Gasteiger partial charge < -0.3 is 4.98 Å². The maximum atomic E-state index is 12.4. The molecular formula is C11H19N3O4S2. The van der Waals surface area contributed by atoms with Crippen molar-refractivity contribution in [1.29, 1.82) is 0 Å². The van der Waals surface area contributed by atoms with Crippen molar-refractivity contribution in [3.05, 3.63) is 12.5 Å². The number of hydrogen-bond donors (Lipinski definition) is 1. The standard InChI is InChI=1S/C11H19N3O4S2/c1-11(2,3)19(15,16)9-4-5-14(7-9)20(17,18)10-6-12-8-13-10/h6,8-9H,4-5,7H2,1-3H3,(H,12,13)/t9-/m1/s1. The molecule has 1 N–H and O–H groups in total. The van der Waals surface area contributed by atoms with Crippen molar-refractivity contribution in [2.24, 2.45) is 0 Å². The summed E-state index contributed by atoms with van der Waals surface area (Å²) in [5.74, 6) is 0. The number of sulfone groups is 1. The SMILES string of the molecule is CC(C)(C)S(=O)(=O)[C@@H]1CCN(S(=O)(=O)c2cnc[nH]2)C1. The second-order valence-electron chi connectivity index (χ2n) is 5.85. The molecule has 0 radical (unpaired) electrons.